The molecule has 22 heavy (non-hydrogen) atoms. The van der Waals surface area contributed by atoms with E-state index in [2.05, 4.69) is 5.32 Å². The van der Waals surface area contributed by atoms with Gasteiger partial charge in [-0.1, -0.05) is 23.7 Å². The fourth-order valence-corrected chi connectivity index (χ4v) is 2.22. The number of carboxylic acid groups (broad SMARTS) is 1. The van der Waals surface area contributed by atoms with E-state index in [0.29, 0.717) is 11.4 Å². The average molecular weight is 328 g/mol. The zero-order chi connectivity index (χ0) is 16.8. The molecular formula is C16H22ClNO4. The van der Waals surface area contributed by atoms with Gasteiger partial charge in [0.1, 0.15) is 5.60 Å². The lowest BCUT2D eigenvalue weighted by atomic mass is 9.96. The van der Waals surface area contributed by atoms with Gasteiger partial charge in [0.05, 0.1) is 6.42 Å². The first kappa shape index (κ1) is 18.3. The van der Waals surface area contributed by atoms with Gasteiger partial charge in [-0.2, -0.15) is 0 Å². The number of carbonyl (C=O) groups is 2. The molecule has 1 aromatic carbocycles. The number of alkyl carbamates (subject to hydrolysis) is 1. The molecule has 1 unspecified atom stereocenters. The van der Waals surface area contributed by atoms with Crippen LogP contribution in [0.5, 0.6) is 0 Å². The first-order chi connectivity index (χ1) is 10.2. The summed E-state index contributed by atoms with van der Waals surface area (Å²) in [7, 11) is 0. The van der Waals surface area contributed by atoms with Gasteiger partial charge >= 0.3 is 12.1 Å². The van der Waals surface area contributed by atoms with Gasteiger partial charge in [-0.25, -0.2) is 4.79 Å². The SMILES string of the molecule is CC(C)(C)OC(=O)NCC(CC(=O)O)Cc1cccc(Cl)c1. The fourth-order valence-electron chi connectivity index (χ4n) is 2.00. The van der Waals surface area contributed by atoms with Crippen LogP contribution < -0.4 is 5.32 Å². The lowest BCUT2D eigenvalue weighted by Gasteiger charge is -2.21. The van der Waals surface area contributed by atoms with Crippen LogP contribution in [0.25, 0.3) is 0 Å². The highest BCUT2D eigenvalue weighted by molar-refractivity contribution is 6.30. The molecule has 0 aliphatic rings. The van der Waals surface area contributed by atoms with Crippen molar-refractivity contribution in [1.82, 2.24) is 5.32 Å². The normalized spacial score (nSPS) is 12.5. The van der Waals surface area contributed by atoms with Gasteiger partial charge in [-0.3, -0.25) is 4.79 Å². The maximum Gasteiger partial charge on any atom is 0.407 e. The number of carbonyl (C=O) groups excluding carboxylic acids is 1. The Bertz CT molecular complexity index is 525. The van der Waals surface area contributed by atoms with E-state index in [9.17, 15) is 9.59 Å². The van der Waals surface area contributed by atoms with Crippen molar-refractivity contribution in [3.05, 3.63) is 34.9 Å². The van der Waals surface area contributed by atoms with Crippen molar-refractivity contribution < 1.29 is 19.4 Å². The highest BCUT2D eigenvalue weighted by Gasteiger charge is 2.19. The minimum Gasteiger partial charge on any atom is -0.481 e. The summed E-state index contributed by atoms with van der Waals surface area (Å²) in [6, 6.07) is 7.26. The minimum atomic E-state index is -0.905. The highest BCUT2D eigenvalue weighted by atomic mass is 35.5. The van der Waals surface area contributed by atoms with Gasteiger partial charge in [0.25, 0.3) is 0 Å². The molecule has 0 heterocycles. The molecule has 0 aliphatic heterocycles. The zero-order valence-electron chi connectivity index (χ0n) is 13.1. The quantitative estimate of drug-likeness (QED) is 0.838. The number of hydrogen-bond acceptors (Lipinski definition) is 3. The molecule has 122 valence electrons. The van der Waals surface area contributed by atoms with E-state index in [1.165, 1.54) is 0 Å². The predicted molar refractivity (Wildman–Crippen MR) is 85.1 cm³/mol. The van der Waals surface area contributed by atoms with E-state index in [0.717, 1.165) is 5.56 Å². The van der Waals surface area contributed by atoms with E-state index in [4.69, 9.17) is 21.4 Å². The Morgan fingerprint density at radius 2 is 2.05 bits per heavy atom. The smallest absolute Gasteiger partial charge is 0.407 e. The summed E-state index contributed by atoms with van der Waals surface area (Å²) in [5, 5.41) is 12.2. The number of nitrogens with one attached hydrogen (secondary N) is 1. The van der Waals surface area contributed by atoms with Crippen LogP contribution in [0.15, 0.2) is 24.3 Å². The van der Waals surface area contributed by atoms with Gasteiger partial charge in [0.15, 0.2) is 0 Å². The molecule has 1 atom stereocenters. The minimum absolute atomic E-state index is 0.0394. The van der Waals surface area contributed by atoms with Gasteiger partial charge in [0, 0.05) is 11.6 Å². The summed E-state index contributed by atoms with van der Waals surface area (Å²) in [6.07, 6.45) is -0.0701. The van der Waals surface area contributed by atoms with Crippen LogP contribution in [-0.4, -0.2) is 29.3 Å². The molecule has 1 rings (SSSR count). The van der Waals surface area contributed by atoms with E-state index in [1.54, 1.807) is 32.9 Å². The molecule has 0 spiro atoms. The molecule has 1 aromatic rings. The molecular weight excluding hydrogens is 306 g/mol. The maximum absolute atomic E-state index is 11.7. The maximum atomic E-state index is 11.7. The molecule has 0 saturated carbocycles. The van der Waals surface area contributed by atoms with Crippen LogP contribution in [0.4, 0.5) is 4.79 Å². The Morgan fingerprint density at radius 1 is 1.36 bits per heavy atom. The van der Waals surface area contributed by atoms with E-state index in [1.807, 2.05) is 12.1 Å². The van der Waals surface area contributed by atoms with E-state index >= 15 is 0 Å². The molecule has 2 N–H and O–H groups in total. The second-order valence-electron chi connectivity index (χ2n) is 6.18. The largest absolute Gasteiger partial charge is 0.481 e. The number of benzene rings is 1. The standard InChI is InChI=1S/C16H22ClNO4/c1-16(2,3)22-15(21)18-10-12(9-14(19)20)7-11-5-4-6-13(17)8-11/h4-6,8,12H,7,9-10H2,1-3H3,(H,18,21)(H,19,20). The molecule has 6 heteroatoms. The highest BCUT2D eigenvalue weighted by Crippen LogP contribution is 2.16. The van der Waals surface area contributed by atoms with Crippen molar-refractivity contribution >= 4 is 23.7 Å². The Kier molecular flexibility index (Phi) is 6.68. The van der Waals surface area contributed by atoms with Crippen LogP contribution in [-0.2, 0) is 16.0 Å². The Morgan fingerprint density at radius 3 is 2.59 bits per heavy atom. The first-order valence-corrected chi connectivity index (χ1v) is 7.46. The van der Waals surface area contributed by atoms with E-state index < -0.39 is 17.7 Å². The molecule has 0 aliphatic carbocycles. The predicted octanol–water partition coefficient (Wildman–Crippen LogP) is 3.50. The molecule has 0 bridgehead atoms. The second-order valence-corrected chi connectivity index (χ2v) is 6.62. The van der Waals surface area contributed by atoms with Crippen LogP contribution in [0.2, 0.25) is 5.02 Å². The number of aliphatic carboxylic acids is 1. The van der Waals surface area contributed by atoms with Crippen molar-refractivity contribution in [2.24, 2.45) is 5.92 Å². The van der Waals surface area contributed by atoms with Crippen molar-refractivity contribution in [2.45, 2.75) is 39.2 Å². The first-order valence-electron chi connectivity index (χ1n) is 7.09. The Hall–Kier alpha value is -1.75. The summed E-state index contributed by atoms with van der Waals surface area (Å²) >= 11 is 5.93. The van der Waals surface area contributed by atoms with Gasteiger partial charge in [-0.05, 0) is 50.8 Å². The summed E-state index contributed by atoms with van der Waals surface area (Å²) in [4.78, 5) is 22.6. The fraction of sp³-hybridized carbons (Fsp3) is 0.500. The molecule has 0 fully saturated rings. The van der Waals surface area contributed by atoms with Crippen molar-refractivity contribution in [1.29, 1.82) is 0 Å². The molecule has 1 amide bonds. The van der Waals surface area contributed by atoms with Gasteiger partial charge < -0.3 is 15.2 Å². The summed E-state index contributed by atoms with van der Waals surface area (Å²) in [5.74, 6) is -1.14. The van der Waals surface area contributed by atoms with Gasteiger partial charge in [0.2, 0.25) is 0 Å². The lowest BCUT2D eigenvalue weighted by Crippen LogP contribution is -2.36. The Labute approximate surface area is 135 Å². The summed E-state index contributed by atoms with van der Waals surface area (Å²) in [5.41, 5.74) is 0.351. The summed E-state index contributed by atoms with van der Waals surface area (Å²) < 4.78 is 5.14. The third-order valence-corrected chi connectivity index (χ3v) is 3.05. The number of rotatable bonds is 6. The molecule has 0 saturated heterocycles. The Balaban J connectivity index is 2.61. The zero-order valence-corrected chi connectivity index (χ0v) is 13.8. The van der Waals surface area contributed by atoms with Crippen LogP contribution >= 0.6 is 11.6 Å². The molecule has 0 aromatic heterocycles. The van der Waals surface area contributed by atoms with Crippen molar-refractivity contribution in [2.75, 3.05) is 6.54 Å². The van der Waals surface area contributed by atoms with Crippen LogP contribution in [0.1, 0.15) is 32.8 Å². The van der Waals surface area contributed by atoms with Crippen molar-refractivity contribution in [3.63, 3.8) is 0 Å². The lowest BCUT2D eigenvalue weighted by molar-refractivity contribution is -0.138. The molecule has 0 radical (unpaired) electrons. The topological polar surface area (TPSA) is 75.6 Å². The van der Waals surface area contributed by atoms with Crippen molar-refractivity contribution in [3.8, 4) is 0 Å². The van der Waals surface area contributed by atoms with Crippen LogP contribution in [0, 0.1) is 5.92 Å². The van der Waals surface area contributed by atoms with Crippen LogP contribution in [0.3, 0.4) is 0 Å². The monoisotopic (exact) mass is 327 g/mol. The number of halogens is 1. The number of carboxylic acids is 1. The van der Waals surface area contributed by atoms with E-state index in [-0.39, 0.29) is 18.9 Å². The summed E-state index contributed by atoms with van der Waals surface area (Å²) in [6.45, 7) is 5.54. The third-order valence-electron chi connectivity index (χ3n) is 2.81. The number of amides is 1. The number of hydrogen-bond donors (Lipinski definition) is 2. The second kappa shape index (κ2) is 8.03. The van der Waals surface area contributed by atoms with Gasteiger partial charge in [-0.15, -0.1) is 0 Å². The number of ether oxygens (including phenoxy) is 1. The third kappa shape index (κ3) is 7.88. The average Bonchev–Trinajstić information content (AvgIpc) is 2.33. The molecule has 5 nitrogen and oxygen atoms in total.